The first-order valence-corrected chi connectivity index (χ1v) is 22.1. The van der Waals surface area contributed by atoms with Gasteiger partial charge in [0.05, 0.1) is 20.1 Å². The molecule has 0 aliphatic carbocycles. The average Bonchev–Trinajstić information content (AvgIpc) is 3.27. The number of carbonyl (C=O) groups excluding carboxylic acids is 1. The lowest BCUT2D eigenvalue weighted by Crippen LogP contribution is -2.56. The zero-order chi connectivity index (χ0) is 44.7. The van der Waals surface area contributed by atoms with Crippen LogP contribution in [-0.4, -0.2) is 104 Å². The summed E-state index contributed by atoms with van der Waals surface area (Å²) in [4.78, 5) is 70.7. The lowest BCUT2D eigenvalue weighted by molar-refractivity contribution is -0.133. The Labute approximate surface area is 384 Å². The SMILES string of the molecule is Cn1c(N2CCN(C(=O)C(Cc3ccncc3)NC(=O)O)CC2)nc(N)c(Sc2cccc(Cl)c2Cl)c1=O.Cn1c(N2CCNCC2)nc(N)c(Sc2cccc(Cl)c2Cl)c1=O. The Morgan fingerprint density at radius 2 is 1.23 bits per heavy atom. The van der Waals surface area contributed by atoms with E-state index in [9.17, 15) is 24.3 Å². The van der Waals surface area contributed by atoms with E-state index in [-0.39, 0.29) is 40.0 Å². The van der Waals surface area contributed by atoms with Gasteiger partial charge in [-0.2, -0.15) is 9.97 Å². The van der Waals surface area contributed by atoms with Crippen molar-refractivity contribution >= 4 is 105 Å². The minimum absolute atomic E-state index is 0.0609. The Balaban J connectivity index is 0.000000229. The van der Waals surface area contributed by atoms with Gasteiger partial charge < -0.3 is 41.9 Å². The van der Waals surface area contributed by atoms with Crippen molar-refractivity contribution in [3.8, 4) is 0 Å². The maximum atomic E-state index is 13.2. The molecule has 2 aliphatic heterocycles. The topological polar surface area (TPSA) is 223 Å². The van der Waals surface area contributed by atoms with Crippen LogP contribution in [0, 0.1) is 0 Å². The summed E-state index contributed by atoms with van der Waals surface area (Å²) in [6.07, 6.45) is 2.11. The normalized spacial score (nSPS) is 14.5. The first-order chi connectivity index (χ1) is 29.6. The molecule has 7 rings (SSSR count). The van der Waals surface area contributed by atoms with Crippen LogP contribution in [0.15, 0.2) is 90.1 Å². The highest BCUT2D eigenvalue weighted by Gasteiger charge is 2.31. The summed E-state index contributed by atoms with van der Waals surface area (Å²) in [5.74, 6) is 0.896. The van der Waals surface area contributed by atoms with Gasteiger partial charge >= 0.3 is 6.09 Å². The highest BCUT2D eigenvalue weighted by atomic mass is 35.5. The van der Waals surface area contributed by atoms with Gasteiger partial charge in [-0.15, -0.1) is 0 Å². The highest BCUT2D eigenvalue weighted by Crippen LogP contribution is 2.39. The molecule has 0 bridgehead atoms. The van der Waals surface area contributed by atoms with Crippen LogP contribution < -0.4 is 43.0 Å². The number of carbonyl (C=O) groups is 2. The van der Waals surface area contributed by atoms with Gasteiger partial charge in [0.2, 0.25) is 17.8 Å². The Morgan fingerprint density at radius 3 is 1.69 bits per heavy atom. The van der Waals surface area contributed by atoms with Gasteiger partial charge in [-0.05, 0) is 42.0 Å². The summed E-state index contributed by atoms with van der Waals surface area (Å²) in [7, 11) is 3.31. The van der Waals surface area contributed by atoms with Crippen molar-refractivity contribution in [1.29, 1.82) is 0 Å². The maximum absolute atomic E-state index is 13.2. The number of rotatable bonds is 10. The van der Waals surface area contributed by atoms with Crippen LogP contribution in [0.2, 0.25) is 20.1 Å². The van der Waals surface area contributed by atoms with Crippen LogP contribution in [0.25, 0.3) is 0 Å². The van der Waals surface area contributed by atoms with E-state index in [0.717, 1.165) is 43.5 Å². The predicted octanol–water partition coefficient (Wildman–Crippen LogP) is 4.97. The maximum Gasteiger partial charge on any atom is 0.405 e. The van der Waals surface area contributed by atoms with Crippen molar-refractivity contribution in [1.82, 2.24) is 39.6 Å². The van der Waals surface area contributed by atoms with E-state index in [0.29, 0.717) is 72.9 Å². The molecule has 0 radical (unpaired) electrons. The Morgan fingerprint density at radius 1 is 0.758 bits per heavy atom. The van der Waals surface area contributed by atoms with Crippen LogP contribution in [0.1, 0.15) is 5.56 Å². The number of nitrogens with one attached hydrogen (secondary N) is 2. The monoisotopic (exact) mass is 962 g/mol. The van der Waals surface area contributed by atoms with Crippen molar-refractivity contribution < 1.29 is 14.7 Å². The second kappa shape index (κ2) is 21.0. The molecule has 5 aromatic rings. The van der Waals surface area contributed by atoms with Crippen LogP contribution in [-0.2, 0) is 25.3 Å². The number of pyridine rings is 1. The van der Waals surface area contributed by atoms with Gasteiger partial charge in [-0.1, -0.05) is 82.1 Å². The molecule has 2 aromatic carbocycles. The number of piperazine rings is 2. The van der Waals surface area contributed by atoms with E-state index >= 15 is 0 Å². The largest absolute Gasteiger partial charge is 0.465 e. The molecule has 328 valence electrons. The number of amides is 2. The zero-order valence-electron chi connectivity index (χ0n) is 33.4. The van der Waals surface area contributed by atoms with Crippen molar-refractivity contribution in [2.45, 2.75) is 32.0 Å². The summed E-state index contributed by atoms with van der Waals surface area (Å²) in [6.45, 7) is 4.67. The minimum Gasteiger partial charge on any atom is -0.465 e. The third kappa shape index (κ3) is 11.0. The van der Waals surface area contributed by atoms with E-state index < -0.39 is 12.1 Å². The number of nitrogen functional groups attached to an aromatic ring is 2. The molecule has 23 heteroatoms. The second-order valence-corrected chi connectivity index (χ2v) is 17.6. The standard InChI is InChI=1S/C24H25Cl2N7O4S.C15H17Cl2N5OS/c1-31-22(35)19(38-17-4-2-3-15(25)18(17)26)20(27)30-23(31)33-11-9-32(10-12-33)21(34)16(29-24(36)37)13-14-5-7-28-8-6-14;1-21-14(23)12(24-10-4-2-3-9(16)11(10)17)13(18)20-15(21)22-7-5-19-6-8-22/h2-8,16,29H,9-13,27H2,1H3,(H,36,37);2-4,19H,5-8,18H2,1H3. The number of halogens is 4. The molecular formula is C39H42Cl4N12O5S2. The lowest BCUT2D eigenvalue weighted by Gasteiger charge is -2.37. The molecular weight excluding hydrogens is 922 g/mol. The lowest BCUT2D eigenvalue weighted by atomic mass is 10.1. The van der Waals surface area contributed by atoms with Crippen LogP contribution in [0.5, 0.6) is 0 Å². The second-order valence-electron chi connectivity index (χ2n) is 13.9. The van der Waals surface area contributed by atoms with Gasteiger partial charge in [0.1, 0.15) is 27.5 Å². The molecule has 0 saturated carbocycles. The molecule has 1 unspecified atom stereocenters. The quantitative estimate of drug-likeness (QED) is 0.125. The Bertz CT molecular complexity index is 2560. The van der Waals surface area contributed by atoms with Crippen molar-refractivity contribution in [2.24, 2.45) is 14.1 Å². The van der Waals surface area contributed by atoms with E-state index in [4.69, 9.17) is 57.9 Å². The minimum atomic E-state index is -1.28. The fourth-order valence-electron chi connectivity index (χ4n) is 6.59. The van der Waals surface area contributed by atoms with E-state index in [1.54, 1.807) is 79.9 Å². The summed E-state index contributed by atoms with van der Waals surface area (Å²) < 4.78 is 2.94. The van der Waals surface area contributed by atoms with Gasteiger partial charge in [0, 0.05) is 95.1 Å². The molecule has 7 N–H and O–H groups in total. The third-order valence-corrected chi connectivity index (χ3v) is 14.0. The van der Waals surface area contributed by atoms with Gasteiger partial charge in [-0.25, -0.2) is 4.79 Å². The van der Waals surface area contributed by atoms with Gasteiger partial charge in [-0.3, -0.25) is 28.5 Å². The molecule has 3 aromatic heterocycles. The summed E-state index contributed by atoms with van der Waals surface area (Å²) >= 11 is 26.9. The van der Waals surface area contributed by atoms with Gasteiger partial charge in [0.25, 0.3) is 11.1 Å². The Hall–Kier alpha value is -4.89. The van der Waals surface area contributed by atoms with Crippen LogP contribution in [0.4, 0.5) is 28.3 Å². The highest BCUT2D eigenvalue weighted by molar-refractivity contribution is 7.99. The molecule has 1 atom stereocenters. The average molecular weight is 965 g/mol. The van der Waals surface area contributed by atoms with Crippen molar-refractivity contribution in [2.75, 3.05) is 73.6 Å². The van der Waals surface area contributed by atoms with Crippen molar-refractivity contribution in [3.05, 3.63) is 107 Å². The van der Waals surface area contributed by atoms with Crippen molar-refractivity contribution in [3.63, 3.8) is 0 Å². The number of nitrogens with zero attached hydrogens (tertiary/aromatic N) is 8. The number of anilines is 4. The first-order valence-electron chi connectivity index (χ1n) is 19.0. The summed E-state index contributed by atoms with van der Waals surface area (Å²) in [5.41, 5.74) is 12.5. The zero-order valence-corrected chi connectivity index (χ0v) is 38.0. The number of hydrogen-bond acceptors (Lipinski definition) is 14. The van der Waals surface area contributed by atoms with E-state index in [1.165, 1.54) is 20.9 Å². The van der Waals surface area contributed by atoms with E-state index in [1.807, 2.05) is 4.90 Å². The summed E-state index contributed by atoms with van der Waals surface area (Å²) in [6, 6.07) is 12.9. The van der Waals surface area contributed by atoms with Crippen LogP contribution in [0.3, 0.4) is 0 Å². The molecule has 2 saturated heterocycles. The number of hydrogen-bond donors (Lipinski definition) is 5. The number of carboxylic acid groups (broad SMARTS) is 1. The smallest absolute Gasteiger partial charge is 0.405 e. The molecule has 5 heterocycles. The number of benzene rings is 2. The molecule has 2 amide bonds. The fraction of sp³-hybridized carbons (Fsp3) is 0.308. The first kappa shape index (κ1) is 46.6. The molecule has 2 fully saturated rings. The van der Waals surface area contributed by atoms with Gasteiger partial charge in [0.15, 0.2) is 0 Å². The van der Waals surface area contributed by atoms with Crippen LogP contribution >= 0.6 is 69.9 Å². The third-order valence-electron chi connectivity index (χ3n) is 9.82. The van der Waals surface area contributed by atoms with E-state index in [2.05, 4.69) is 30.5 Å². The molecule has 2 aliphatic rings. The number of nitrogens with two attached hydrogens (primary N) is 2. The molecule has 62 heavy (non-hydrogen) atoms. The number of aromatic nitrogens is 5. The molecule has 17 nitrogen and oxygen atoms in total. The molecule has 0 spiro atoms. The summed E-state index contributed by atoms with van der Waals surface area (Å²) in [5, 5.41) is 16.4. The Kier molecular flexibility index (Phi) is 15.8. The fourth-order valence-corrected chi connectivity index (χ4v) is 9.42. The predicted molar refractivity (Wildman–Crippen MR) is 246 cm³/mol.